The van der Waals surface area contributed by atoms with E-state index < -0.39 is 35.1 Å². The van der Waals surface area contributed by atoms with Gasteiger partial charge >= 0.3 is 0 Å². The summed E-state index contributed by atoms with van der Waals surface area (Å²) in [4.78, 5) is 25.7. The zero-order chi connectivity index (χ0) is 18.6. The minimum Gasteiger partial charge on any atom is -0.347 e. The third kappa shape index (κ3) is 4.63. The van der Waals surface area contributed by atoms with E-state index in [4.69, 9.17) is 0 Å². The number of hydrogen-bond donors (Lipinski definition) is 2. The SMILES string of the molecule is CC(NC(=O)C(NC(=O)c1c(F)cccc1F)C(C)C)c1cccs1. The molecule has 1 heterocycles. The molecule has 0 aliphatic rings. The van der Waals surface area contributed by atoms with Crippen LogP contribution < -0.4 is 10.6 Å². The summed E-state index contributed by atoms with van der Waals surface area (Å²) in [7, 11) is 0. The quantitative estimate of drug-likeness (QED) is 0.820. The molecule has 2 aromatic rings. The van der Waals surface area contributed by atoms with Crippen molar-refractivity contribution in [2.45, 2.75) is 32.9 Å². The first-order valence-electron chi connectivity index (χ1n) is 7.90. The maximum absolute atomic E-state index is 13.7. The Morgan fingerprint density at radius 3 is 2.16 bits per heavy atom. The van der Waals surface area contributed by atoms with Crippen LogP contribution in [0.15, 0.2) is 35.7 Å². The predicted molar refractivity (Wildman–Crippen MR) is 93.3 cm³/mol. The topological polar surface area (TPSA) is 58.2 Å². The van der Waals surface area contributed by atoms with Gasteiger partial charge in [0.1, 0.15) is 23.2 Å². The van der Waals surface area contributed by atoms with Crippen LogP contribution in [-0.4, -0.2) is 17.9 Å². The summed E-state index contributed by atoms with van der Waals surface area (Å²) in [5.74, 6) is -3.54. The van der Waals surface area contributed by atoms with Gasteiger partial charge in [-0.05, 0) is 36.4 Å². The van der Waals surface area contributed by atoms with E-state index in [9.17, 15) is 18.4 Å². The van der Waals surface area contributed by atoms with Crippen molar-refractivity contribution in [1.29, 1.82) is 0 Å². The molecule has 4 nitrogen and oxygen atoms in total. The highest BCUT2D eigenvalue weighted by Gasteiger charge is 2.28. The lowest BCUT2D eigenvalue weighted by Crippen LogP contribution is -2.50. The van der Waals surface area contributed by atoms with Crippen LogP contribution >= 0.6 is 11.3 Å². The molecular weight excluding hydrogens is 346 g/mol. The predicted octanol–water partition coefficient (Wildman–Crippen LogP) is 3.66. The van der Waals surface area contributed by atoms with Gasteiger partial charge in [0.25, 0.3) is 5.91 Å². The molecule has 2 atom stereocenters. The number of thiophene rings is 1. The Hall–Kier alpha value is -2.28. The minimum absolute atomic E-state index is 0.226. The molecule has 0 radical (unpaired) electrons. The summed E-state index contributed by atoms with van der Waals surface area (Å²) < 4.78 is 27.5. The van der Waals surface area contributed by atoms with E-state index in [1.54, 1.807) is 13.8 Å². The molecule has 0 fully saturated rings. The van der Waals surface area contributed by atoms with Gasteiger partial charge in [-0.25, -0.2) is 8.78 Å². The minimum atomic E-state index is -0.965. The number of halogens is 2. The Morgan fingerprint density at radius 1 is 1.00 bits per heavy atom. The third-order valence-corrected chi connectivity index (χ3v) is 4.81. The molecule has 0 aliphatic carbocycles. The molecular formula is C18H20F2N2O2S. The lowest BCUT2D eigenvalue weighted by Gasteiger charge is -2.24. The molecule has 134 valence electrons. The molecule has 0 bridgehead atoms. The van der Waals surface area contributed by atoms with Crippen LogP contribution in [0.2, 0.25) is 0 Å². The van der Waals surface area contributed by atoms with Gasteiger partial charge in [-0.15, -0.1) is 11.3 Å². The Bertz CT molecular complexity index is 727. The van der Waals surface area contributed by atoms with Crippen LogP contribution in [0, 0.1) is 17.6 Å². The highest BCUT2D eigenvalue weighted by atomic mass is 32.1. The molecule has 0 saturated heterocycles. The van der Waals surface area contributed by atoms with Crippen LogP contribution in [0.1, 0.15) is 42.0 Å². The molecule has 2 rings (SSSR count). The van der Waals surface area contributed by atoms with E-state index in [0.29, 0.717) is 0 Å². The number of amides is 2. The number of rotatable bonds is 6. The largest absolute Gasteiger partial charge is 0.347 e. The average Bonchev–Trinajstić information content (AvgIpc) is 3.06. The van der Waals surface area contributed by atoms with E-state index in [0.717, 1.165) is 17.0 Å². The van der Waals surface area contributed by atoms with Crippen molar-refractivity contribution in [1.82, 2.24) is 10.6 Å². The number of nitrogens with one attached hydrogen (secondary N) is 2. The normalized spacial score (nSPS) is 13.4. The molecule has 0 saturated carbocycles. The number of benzene rings is 1. The number of carbonyl (C=O) groups is 2. The standard InChI is InChI=1S/C18H20F2N2O2S/c1-10(2)16(18(24)21-11(3)14-8-5-9-25-14)22-17(23)15-12(19)6-4-7-13(15)20/h4-11,16H,1-3H3,(H,21,24)(H,22,23). The monoisotopic (exact) mass is 366 g/mol. The fourth-order valence-electron chi connectivity index (χ4n) is 2.38. The summed E-state index contributed by atoms with van der Waals surface area (Å²) in [6.45, 7) is 5.33. The Morgan fingerprint density at radius 2 is 1.64 bits per heavy atom. The second-order valence-corrected chi connectivity index (χ2v) is 7.02. The fourth-order valence-corrected chi connectivity index (χ4v) is 3.11. The molecule has 0 aliphatic heterocycles. The van der Waals surface area contributed by atoms with Crippen molar-refractivity contribution in [2.24, 2.45) is 5.92 Å². The van der Waals surface area contributed by atoms with Gasteiger partial charge in [0.2, 0.25) is 5.91 Å². The molecule has 0 spiro atoms. The third-order valence-electron chi connectivity index (χ3n) is 3.75. The Balaban J connectivity index is 2.12. The van der Waals surface area contributed by atoms with Crippen molar-refractivity contribution in [2.75, 3.05) is 0 Å². The van der Waals surface area contributed by atoms with Crippen LogP contribution in [0.3, 0.4) is 0 Å². The van der Waals surface area contributed by atoms with Crippen molar-refractivity contribution >= 4 is 23.2 Å². The van der Waals surface area contributed by atoms with Gasteiger partial charge in [-0.3, -0.25) is 9.59 Å². The van der Waals surface area contributed by atoms with Gasteiger partial charge in [-0.1, -0.05) is 26.0 Å². The highest BCUT2D eigenvalue weighted by Crippen LogP contribution is 2.19. The van der Waals surface area contributed by atoms with Crippen LogP contribution in [-0.2, 0) is 4.79 Å². The molecule has 25 heavy (non-hydrogen) atoms. The smallest absolute Gasteiger partial charge is 0.257 e. The van der Waals surface area contributed by atoms with E-state index in [-0.39, 0.29) is 12.0 Å². The first-order valence-corrected chi connectivity index (χ1v) is 8.78. The highest BCUT2D eigenvalue weighted by molar-refractivity contribution is 7.10. The molecule has 2 amide bonds. The van der Waals surface area contributed by atoms with E-state index in [1.807, 2.05) is 24.4 Å². The Labute approximate surface area is 149 Å². The van der Waals surface area contributed by atoms with Gasteiger partial charge in [-0.2, -0.15) is 0 Å². The zero-order valence-electron chi connectivity index (χ0n) is 14.2. The van der Waals surface area contributed by atoms with E-state index in [1.165, 1.54) is 17.4 Å². The van der Waals surface area contributed by atoms with Crippen molar-refractivity contribution in [3.8, 4) is 0 Å². The maximum atomic E-state index is 13.7. The molecule has 1 aromatic carbocycles. The van der Waals surface area contributed by atoms with E-state index in [2.05, 4.69) is 10.6 Å². The Kier molecular flexibility index (Phi) is 6.25. The van der Waals surface area contributed by atoms with Crippen molar-refractivity contribution in [3.63, 3.8) is 0 Å². The number of hydrogen-bond acceptors (Lipinski definition) is 3. The summed E-state index contributed by atoms with van der Waals surface area (Å²) in [5.41, 5.74) is -0.688. The zero-order valence-corrected chi connectivity index (χ0v) is 15.0. The summed E-state index contributed by atoms with van der Waals surface area (Å²) in [6.07, 6.45) is 0. The van der Waals surface area contributed by atoms with Crippen LogP contribution in [0.5, 0.6) is 0 Å². The van der Waals surface area contributed by atoms with Gasteiger partial charge < -0.3 is 10.6 Å². The lowest BCUT2D eigenvalue weighted by molar-refractivity contribution is -0.124. The van der Waals surface area contributed by atoms with Crippen molar-refractivity contribution < 1.29 is 18.4 Å². The summed E-state index contributed by atoms with van der Waals surface area (Å²) in [5, 5.41) is 7.16. The molecule has 7 heteroatoms. The molecule has 2 N–H and O–H groups in total. The summed E-state index contributed by atoms with van der Waals surface area (Å²) in [6, 6.07) is 5.82. The fraction of sp³-hybridized carbons (Fsp3) is 0.333. The van der Waals surface area contributed by atoms with Crippen molar-refractivity contribution in [3.05, 3.63) is 57.8 Å². The van der Waals surface area contributed by atoms with Gasteiger partial charge in [0.05, 0.1) is 6.04 Å². The summed E-state index contributed by atoms with van der Waals surface area (Å²) >= 11 is 1.51. The first-order chi connectivity index (χ1) is 11.8. The van der Waals surface area contributed by atoms with Crippen LogP contribution in [0.4, 0.5) is 8.78 Å². The molecule has 1 aromatic heterocycles. The lowest BCUT2D eigenvalue weighted by atomic mass is 10.0. The van der Waals surface area contributed by atoms with E-state index >= 15 is 0 Å². The van der Waals surface area contributed by atoms with Gasteiger partial charge in [0, 0.05) is 4.88 Å². The maximum Gasteiger partial charge on any atom is 0.257 e. The van der Waals surface area contributed by atoms with Crippen LogP contribution in [0.25, 0.3) is 0 Å². The average molecular weight is 366 g/mol. The second kappa shape index (κ2) is 8.20. The first kappa shape index (κ1) is 19.1. The number of carbonyl (C=O) groups excluding carboxylic acids is 2. The van der Waals surface area contributed by atoms with Gasteiger partial charge in [0.15, 0.2) is 0 Å². The molecule has 2 unspecified atom stereocenters. The second-order valence-electron chi connectivity index (χ2n) is 6.04.